The van der Waals surface area contributed by atoms with E-state index in [0.717, 1.165) is 24.6 Å². The maximum Gasteiger partial charge on any atom is 0.224 e. The molecule has 0 radical (unpaired) electrons. The van der Waals surface area contributed by atoms with Crippen molar-refractivity contribution in [3.8, 4) is 0 Å². The molecule has 2 fully saturated rings. The lowest BCUT2D eigenvalue weighted by Crippen LogP contribution is -2.46. The molecular formula is C14H20N2O2S2. The third-order valence-corrected chi connectivity index (χ3v) is 5.59. The van der Waals surface area contributed by atoms with Crippen molar-refractivity contribution in [1.29, 1.82) is 0 Å². The Hall–Kier alpha value is -0.560. The van der Waals surface area contributed by atoms with Crippen molar-refractivity contribution >= 4 is 29.0 Å². The average molecular weight is 312 g/mol. The summed E-state index contributed by atoms with van der Waals surface area (Å²) in [6.45, 7) is 3.07. The molecule has 6 heteroatoms. The number of ether oxygens (including phenoxy) is 1. The lowest BCUT2D eigenvalue weighted by Gasteiger charge is -2.34. The fourth-order valence-electron chi connectivity index (χ4n) is 2.63. The highest BCUT2D eigenvalue weighted by atomic mass is 32.2. The number of amides is 1. The number of hydrogen-bond donors (Lipinski definition) is 1. The number of carbonyl (C=O) groups is 1. The Morgan fingerprint density at radius 3 is 3.25 bits per heavy atom. The van der Waals surface area contributed by atoms with Gasteiger partial charge in [-0.2, -0.15) is 23.1 Å². The predicted octanol–water partition coefficient (Wildman–Crippen LogP) is 1.74. The third kappa shape index (κ3) is 3.55. The van der Waals surface area contributed by atoms with Gasteiger partial charge in [0.05, 0.1) is 13.2 Å². The third-order valence-electron chi connectivity index (χ3n) is 3.75. The Morgan fingerprint density at radius 1 is 1.55 bits per heavy atom. The highest BCUT2D eigenvalue weighted by Crippen LogP contribution is 2.24. The first-order chi connectivity index (χ1) is 9.83. The van der Waals surface area contributed by atoms with Gasteiger partial charge in [0.15, 0.2) is 0 Å². The summed E-state index contributed by atoms with van der Waals surface area (Å²) in [5.41, 5.74) is 1.19. The molecule has 0 spiro atoms. The van der Waals surface area contributed by atoms with Gasteiger partial charge in [-0.3, -0.25) is 4.79 Å². The van der Waals surface area contributed by atoms with Gasteiger partial charge in [0.1, 0.15) is 6.10 Å². The number of nitrogens with zero attached hydrogens (tertiary/aromatic N) is 1. The zero-order chi connectivity index (χ0) is 13.8. The molecule has 110 valence electrons. The van der Waals surface area contributed by atoms with Crippen LogP contribution in [0.2, 0.25) is 0 Å². The molecule has 2 unspecified atom stereocenters. The van der Waals surface area contributed by atoms with Crippen LogP contribution >= 0.6 is 23.1 Å². The van der Waals surface area contributed by atoms with E-state index in [1.54, 1.807) is 11.3 Å². The van der Waals surface area contributed by atoms with Crippen molar-refractivity contribution in [3.05, 3.63) is 22.4 Å². The summed E-state index contributed by atoms with van der Waals surface area (Å²) in [6.07, 6.45) is 0.663. The van der Waals surface area contributed by atoms with Crippen molar-refractivity contribution in [2.24, 2.45) is 0 Å². The molecule has 1 N–H and O–H groups in total. The molecular weight excluding hydrogens is 292 g/mol. The summed E-state index contributed by atoms with van der Waals surface area (Å²) in [5, 5.41) is 7.60. The van der Waals surface area contributed by atoms with Gasteiger partial charge in [-0.25, -0.2) is 0 Å². The summed E-state index contributed by atoms with van der Waals surface area (Å²) < 4.78 is 5.79. The van der Waals surface area contributed by atoms with Crippen LogP contribution in [-0.2, 0) is 9.53 Å². The van der Waals surface area contributed by atoms with Gasteiger partial charge < -0.3 is 15.0 Å². The summed E-state index contributed by atoms with van der Waals surface area (Å²) in [6, 6.07) is 2.42. The molecule has 0 saturated carbocycles. The number of nitrogens with one attached hydrogen (secondary N) is 1. The van der Waals surface area contributed by atoms with Crippen molar-refractivity contribution < 1.29 is 9.53 Å². The number of rotatable bonds is 3. The van der Waals surface area contributed by atoms with Gasteiger partial charge in [0.2, 0.25) is 5.91 Å². The van der Waals surface area contributed by atoms with Crippen molar-refractivity contribution in [1.82, 2.24) is 10.2 Å². The Kier molecular flexibility index (Phi) is 4.99. The van der Waals surface area contributed by atoms with E-state index in [2.05, 4.69) is 22.1 Å². The van der Waals surface area contributed by atoms with Gasteiger partial charge >= 0.3 is 0 Å². The minimum Gasteiger partial charge on any atom is -0.370 e. The quantitative estimate of drug-likeness (QED) is 0.923. The van der Waals surface area contributed by atoms with E-state index in [9.17, 15) is 4.79 Å². The molecule has 0 bridgehead atoms. The maximum absolute atomic E-state index is 12.4. The normalized spacial score (nSPS) is 27.5. The molecule has 2 aliphatic heterocycles. The van der Waals surface area contributed by atoms with Gasteiger partial charge in [-0.15, -0.1) is 0 Å². The van der Waals surface area contributed by atoms with E-state index in [1.165, 1.54) is 5.56 Å². The maximum atomic E-state index is 12.4. The van der Waals surface area contributed by atoms with E-state index in [4.69, 9.17) is 4.74 Å². The molecule has 4 nitrogen and oxygen atoms in total. The van der Waals surface area contributed by atoms with Crippen LogP contribution in [0.4, 0.5) is 0 Å². The van der Waals surface area contributed by atoms with Crippen molar-refractivity contribution in [2.75, 3.05) is 37.7 Å². The molecule has 1 amide bonds. The van der Waals surface area contributed by atoms with Crippen LogP contribution in [0.15, 0.2) is 16.8 Å². The second-order valence-corrected chi connectivity index (χ2v) is 7.12. The van der Waals surface area contributed by atoms with Crippen LogP contribution in [0, 0.1) is 0 Å². The second-order valence-electron chi connectivity index (χ2n) is 5.19. The van der Waals surface area contributed by atoms with Gasteiger partial charge in [0.25, 0.3) is 0 Å². The molecule has 1 aromatic rings. The number of thioether (sulfide) groups is 1. The number of hydrogen-bond acceptors (Lipinski definition) is 5. The van der Waals surface area contributed by atoms with E-state index in [1.807, 2.05) is 16.7 Å². The highest BCUT2D eigenvalue weighted by molar-refractivity contribution is 7.99. The van der Waals surface area contributed by atoms with Crippen LogP contribution in [0.1, 0.15) is 18.1 Å². The Morgan fingerprint density at radius 2 is 2.50 bits per heavy atom. The summed E-state index contributed by atoms with van der Waals surface area (Å²) in [4.78, 5) is 14.4. The van der Waals surface area contributed by atoms with Crippen molar-refractivity contribution in [2.45, 2.75) is 18.6 Å². The summed E-state index contributed by atoms with van der Waals surface area (Å²) in [7, 11) is 0. The molecule has 0 aliphatic carbocycles. The average Bonchev–Trinajstić information content (AvgIpc) is 3.03. The summed E-state index contributed by atoms with van der Waals surface area (Å²) in [5.74, 6) is 2.46. The predicted molar refractivity (Wildman–Crippen MR) is 83.3 cm³/mol. The molecule has 0 aromatic carbocycles. The van der Waals surface area contributed by atoms with Gasteiger partial charge in [-0.1, -0.05) is 0 Å². The lowest BCUT2D eigenvalue weighted by atomic mass is 10.1. The number of morpholine rings is 1. The minimum absolute atomic E-state index is 0.0487. The Bertz CT molecular complexity index is 432. The van der Waals surface area contributed by atoms with Crippen LogP contribution in [0.25, 0.3) is 0 Å². The number of thiophene rings is 1. The molecule has 2 atom stereocenters. The molecule has 3 heterocycles. The van der Waals surface area contributed by atoms with E-state index in [-0.39, 0.29) is 12.0 Å². The first kappa shape index (κ1) is 14.4. The SMILES string of the molecule is O=C(CC1CSCCN1)N1CCOC(c2ccsc2)C1. The smallest absolute Gasteiger partial charge is 0.224 e. The fourth-order valence-corrected chi connectivity index (χ4v) is 4.28. The monoisotopic (exact) mass is 312 g/mol. The second kappa shape index (κ2) is 6.93. The molecule has 2 saturated heterocycles. The summed E-state index contributed by atoms with van der Waals surface area (Å²) >= 11 is 3.61. The van der Waals surface area contributed by atoms with Crippen molar-refractivity contribution in [3.63, 3.8) is 0 Å². The topological polar surface area (TPSA) is 41.6 Å². The molecule has 1 aromatic heterocycles. The van der Waals surface area contributed by atoms with E-state index in [0.29, 0.717) is 25.6 Å². The molecule has 3 rings (SSSR count). The minimum atomic E-state index is 0.0487. The largest absolute Gasteiger partial charge is 0.370 e. The van der Waals surface area contributed by atoms with Crippen LogP contribution < -0.4 is 5.32 Å². The zero-order valence-corrected chi connectivity index (χ0v) is 13.0. The van der Waals surface area contributed by atoms with Gasteiger partial charge in [-0.05, 0) is 22.4 Å². The highest BCUT2D eigenvalue weighted by Gasteiger charge is 2.27. The van der Waals surface area contributed by atoms with Crippen LogP contribution in [0.5, 0.6) is 0 Å². The van der Waals surface area contributed by atoms with E-state index >= 15 is 0 Å². The zero-order valence-electron chi connectivity index (χ0n) is 11.4. The lowest BCUT2D eigenvalue weighted by molar-refractivity contribution is -0.139. The molecule has 20 heavy (non-hydrogen) atoms. The van der Waals surface area contributed by atoms with Gasteiger partial charge in [0, 0.05) is 37.1 Å². The molecule has 2 aliphatic rings. The van der Waals surface area contributed by atoms with E-state index < -0.39 is 0 Å². The number of carbonyl (C=O) groups excluding carboxylic acids is 1. The standard InChI is InChI=1S/C14H20N2O2S2/c17-14(7-12-10-20-6-2-15-12)16-3-4-18-13(8-16)11-1-5-19-9-11/h1,5,9,12-13,15H,2-4,6-8,10H2. The Balaban J connectivity index is 1.54. The Labute approximate surface area is 127 Å². The first-order valence-corrected chi connectivity index (χ1v) is 9.15. The fraction of sp³-hybridized carbons (Fsp3) is 0.643. The van der Waals surface area contributed by atoms with Crippen LogP contribution in [0.3, 0.4) is 0 Å². The first-order valence-electron chi connectivity index (χ1n) is 7.05. The van der Waals surface area contributed by atoms with Crippen LogP contribution in [-0.4, -0.2) is 54.6 Å².